The smallest absolute Gasteiger partial charge is 0.122 e. The first-order valence-electron chi connectivity index (χ1n) is 6.61. The molecule has 3 rings (SSSR count). The van der Waals surface area contributed by atoms with Crippen molar-refractivity contribution in [3.8, 4) is 5.75 Å². The number of benzene rings is 1. The molecule has 0 saturated heterocycles. The highest BCUT2D eigenvalue weighted by Crippen LogP contribution is 2.38. The fraction of sp³-hybridized carbons (Fsp3) is 0.600. The Morgan fingerprint density at radius 1 is 1.12 bits per heavy atom. The minimum absolute atomic E-state index is 0.795. The standard InChI is InChI=1S/C15H20O/c1-11-9-13-7-8-16-15(13)10-14(11)12-5-3-2-4-6-12/h9-10,12H,2-8H2,1H3. The number of rotatable bonds is 1. The van der Waals surface area contributed by atoms with E-state index >= 15 is 0 Å². The normalized spacial score (nSPS) is 20.6. The number of fused-ring (bicyclic) bond motifs is 1. The van der Waals surface area contributed by atoms with Crippen LogP contribution >= 0.6 is 0 Å². The van der Waals surface area contributed by atoms with Gasteiger partial charge in [0.1, 0.15) is 5.75 Å². The lowest BCUT2D eigenvalue weighted by Crippen LogP contribution is -2.06. The molecule has 16 heavy (non-hydrogen) atoms. The molecule has 1 heteroatoms. The SMILES string of the molecule is Cc1cc2c(cc1C1CCCCC1)OCC2. The van der Waals surface area contributed by atoms with Gasteiger partial charge in [-0.2, -0.15) is 0 Å². The van der Waals surface area contributed by atoms with E-state index in [1.807, 2.05) is 0 Å². The molecule has 0 unspecified atom stereocenters. The summed E-state index contributed by atoms with van der Waals surface area (Å²) in [6, 6.07) is 4.68. The summed E-state index contributed by atoms with van der Waals surface area (Å²) in [4.78, 5) is 0. The zero-order chi connectivity index (χ0) is 11.0. The number of aryl methyl sites for hydroxylation is 1. The molecule has 86 valence electrons. The van der Waals surface area contributed by atoms with E-state index in [1.54, 1.807) is 5.56 Å². The minimum Gasteiger partial charge on any atom is -0.493 e. The molecule has 2 aliphatic rings. The van der Waals surface area contributed by atoms with Crippen LogP contribution < -0.4 is 4.74 Å². The topological polar surface area (TPSA) is 9.23 Å². The molecule has 0 N–H and O–H groups in total. The quantitative estimate of drug-likeness (QED) is 0.690. The van der Waals surface area contributed by atoms with Gasteiger partial charge < -0.3 is 4.74 Å². The lowest BCUT2D eigenvalue weighted by molar-refractivity contribution is 0.355. The van der Waals surface area contributed by atoms with E-state index in [0.29, 0.717) is 0 Å². The lowest BCUT2D eigenvalue weighted by Gasteiger charge is -2.24. The average molecular weight is 216 g/mol. The molecule has 1 aliphatic heterocycles. The summed E-state index contributed by atoms with van der Waals surface area (Å²) < 4.78 is 5.68. The van der Waals surface area contributed by atoms with Gasteiger partial charge in [-0.15, -0.1) is 0 Å². The van der Waals surface area contributed by atoms with Crippen molar-refractivity contribution in [2.75, 3.05) is 6.61 Å². The minimum atomic E-state index is 0.795. The van der Waals surface area contributed by atoms with Gasteiger partial charge in [-0.05, 0) is 48.4 Å². The Morgan fingerprint density at radius 3 is 2.75 bits per heavy atom. The van der Waals surface area contributed by atoms with Crippen LogP contribution in [0, 0.1) is 6.92 Å². The maximum Gasteiger partial charge on any atom is 0.122 e. The highest BCUT2D eigenvalue weighted by atomic mass is 16.5. The summed E-state index contributed by atoms with van der Waals surface area (Å²) in [5, 5.41) is 0. The first-order valence-corrected chi connectivity index (χ1v) is 6.61. The molecular weight excluding hydrogens is 196 g/mol. The molecule has 1 heterocycles. The van der Waals surface area contributed by atoms with Crippen LogP contribution in [0.2, 0.25) is 0 Å². The van der Waals surface area contributed by atoms with Gasteiger partial charge in [-0.1, -0.05) is 25.3 Å². The van der Waals surface area contributed by atoms with Crippen LogP contribution in [0.25, 0.3) is 0 Å². The van der Waals surface area contributed by atoms with Crippen molar-refractivity contribution in [1.29, 1.82) is 0 Å². The summed E-state index contributed by atoms with van der Waals surface area (Å²) in [5.74, 6) is 1.95. The molecule has 1 aromatic rings. The monoisotopic (exact) mass is 216 g/mol. The van der Waals surface area contributed by atoms with E-state index in [2.05, 4.69) is 19.1 Å². The maximum atomic E-state index is 5.68. The average Bonchev–Trinajstić information content (AvgIpc) is 2.76. The Labute approximate surface area is 97.8 Å². The second-order valence-electron chi connectivity index (χ2n) is 5.25. The highest BCUT2D eigenvalue weighted by Gasteiger charge is 2.21. The number of ether oxygens (including phenoxy) is 1. The molecule has 0 amide bonds. The van der Waals surface area contributed by atoms with Crippen LogP contribution in [0.5, 0.6) is 5.75 Å². The Balaban J connectivity index is 1.94. The summed E-state index contributed by atoms with van der Waals surface area (Å²) in [6.45, 7) is 3.14. The Hall–Kier alpha value is -0.980. The second-order valence-corrected chi connectivity index (χ2v) is 5.25. The van der Waals surface area contributed by atoms with Crippen molar-refractivity contribution < 1.29 is 4.74 Å². The molecule has 1 fully saturated rings. The van der Waals surface area contributed by atoms with Gasteiger partial charge in [0.15, 0.2) is 0 Å². The molecule has 1 saturated carbocycles. The van der Waals surface area contributed by atoms with Crippen molar-refractivity contribution in [3.05, 3.63) is 28.8 Å². The summed E-state index contributed by atoms with van der Waals surface area (Å²) in [5.41, 5.74) is 4.45. The van der Waals surface area contributed by atoms with Gasteiger partial charge in [-0.3, -0.25) is 0 Å². The largest absolute Gasteiger partial charge is 0.493 e. The van der Waals surface area contributed by atoms with Crippen molar-refractivity contribution >= 4 is 0 Å². The molecule has 1 nitrogen and oxygen atoms in total. The van der Waals surface area contributed by atoms with Crippen molar-refractivity contribution in [3.63, 3.8) is 0 Å². The Kier molecular flexibility index (Phi) is 2.62. The van der Waals surface area contributed by atoms with Gasteiger partial charge in [0, 0.05) is 6.42 Å². The highest BCUT2D eigenvalue weighted by molar-refractivity contribution is 5.45. The summed E-state index contributed by atoms with van der Waals surface area (Å²) in [7, 11) is 0. The third kappa shape index (κ3) is 1.73. The van der Waals surface area contributed by atoms with Crippen LogP contribution in [0.1, 0.15) is 54.7 Å². The molecule has 0 aromatic heterocycles. The van der Waals surface area contributed by atoms with E-state index < -0.39 is 0 Å². The first-order chi connectivity index (χ1) is 7.84. The fourth-order valence-electron chi connectivity index (χ4n) is 3.22. The third-order valence-electron chi connectivity index (χ3n) is 4.12. The second kappa shape index (κ2) is 4.12. The lowest BCUT2D eigenvalue weighted by atomic mass is 9.82. The maximum absolute atomic E-state index is 5.68. The first kappa shape index (κ1) is 10.2. The van der Waals surface area contributed by atoms with Gasteiger partial charge in [0.25, 0.3) is 0 Å². The zero-order valence-electron chi connectivity index (χ0n) is 10.1. The van der Waals surface area contributed by atoms with Crippen LogP contribution in [0.4, 0.5) is 0 Å². The van der Waals surface area contributed by atoms with Crippen molar-refractivity contribution in [2.24, 2.45) is 0 Å². The molecule has 0 atom stereocenters. The van der Waals surface area contributed by atoms with Gasteiger partial charge in [-0.25, -0.2) is 0 Å². The van der Waals surface area contributed by atoms with E-state index in [0.717, 1.165) is 24.7 Å². The molecule has 0 spiro atoms. The number of hydrogen-bond acceptors (Lipinski definition) is 1. The zero-order valence-corrected chi connectivity index (χ0v) is 10.1. The third-order valence-corrected chi connectivity index (χ3v) is 4.12. The predicted octanol–water partition coefficient (Wildman–Crippen LogP) is 3.98. The molecular formula is C15H20O. The van der Waals surface area contributed by atoms with Gasteiger partial charge in [0.2, 0.25) is 0 Å². The molecule has 0 bridgehead atoms. The molecule has 1 aromatic carbocycles. The molecule has 1 aliphatic carbocycles. The van der Waals surface area contributed by atoms with Crippen LogP contribution in [-0.4, -0.2) is 6.61 Å². The van der Waals surface area contributed by atoms with E-state index in [-0.39, 0.29) is 0 Å². The van der Waals surface area contributed by atoms with Crippen LogP contribution in [0.15, 0.2) is 12.1 Å². The fourth-order valence-corrected chi connectivity index (χ4v) is 3.22. The summed E-state index contributed by atoms with van der Waals surface area (Å²) in [6.07, 6.45) is 8.08. The van der Waals surface area contributed by atoms with E-state index in [4.69, 9.17) is 4.74 Å². The number of hydrogen-bond donors (Lipinski definition) is 0. The van der Waals surface area contributed by atoms with Gasteiger partial charge in [0.05, 0.1) is 6.61 Å². The van der Waals surface area contributed by atoms with Gasteiger partial charge >= 0.3 is 0 Å². The van der Waals surface area contributed by atoms with Crippen LogP contribution in [0.3, 0.4) is 0 Å². The predicted molar refractivity (Wildman–Crippen MR) is 66.2 cm³/mol. The molecule has 0 radical (unpaired) electrons. The van der Waals surface area contributed by atoms with E-state index in [9.17, 15) is 0 Å². The Bertz CT molecular complexity index is 389. The van der Waals surface area contributed by atoms with E-state index in [1.165, 1.54) is 43.2 Å². The Morgan fingerprint density at radius 2 is 1.94 bits per heavy atom. The van der Waals surface area contributed by atoms with Crippen molar-refractivity contribution in [2.45, 2.75) is 51.4 Å². The van der Waals surface area contributed by atoms with Crippen LogP contribution in [-0.2, 0) is 6.42 Å². The summed E-state index contributed by atoms with van der Waals surface area (Å²) >= 11 is 0. The van der Waals surface area contributed by atoms with Crippen molar-refractivity contribution in [1.82, 2.24) is 0 Å².